The summed E-state index contributed by atoms with van der Waals surface area (Å²) in [5, 5.41) is 0. The van der Waals surface area contributed by atoms with Gasteiger partial charge in [0.2, 0.25) is 0 Å². The fourth-order valence-electron chi connectivity index (χ4n) is 12.7. The van der Waals surface area contributed by atoms with Crippen molar-refractivity contribution in [1.29, 1.82) is 0 Å². The van der Waals surface area contributed by atoms with Gasteiger partial charge in [-0.3, -0.25) is 14.4 Å². The summed E-state index contributed by atoms with van der Waals surface area (Å²) in [6, 6.07) is 0. The van der Waals surface area contributed by atoms with Crippen LogP contribution in [0, 0.1) is 22.2 Å². The van der Waals surface area contributed by atoms with E-state index in [2.05, 4.69) is 46.4 Å². The molecule has 4 rings (SSSR count). The zero-order chi connectivity index (χ0) is 52.0. The molecule has 0 radical (unpaired) electrons. The summed E-state index contributed by atoms with van der Waals surface area (Å²) >= 11 is 0. The second-order valence-electron chi connectivity index (χ2n) is 23.1. The fraction of sp³-hybridized carbons (Fsp3) is 0.951. The Morgan fingerprint density at radius 1 is 0.403 bits per heavy atom. The van der Waals surface area contributed by atoms with Crippen molar-refractivity contribution >= 4 is 17.9 Å². The van der Waals surface area contributed by atoms with Crippen LogP contribution < -0.4 is 0 Å². The van der Waals surface area contributed by atoms with Gasteiger partial charge in [-0.05, 0) is 96.2 Å². The van der Waals surface area contributed by atoms with Gasteiger partial charge < -0.3 is 38.1 Å². The molecule has 2 unspecified atom stereocenters. The third kappa shape index (κ3) is 27.8. The van der Waals surface area contributed by atoms with Gasteiger partial charge in [-0.25, -0.2) is 0 Å². The molecule has 4 aliphatic rings. The number of rotatable bonds is 50. The molecular formula is C61H113NO10. The SMILES string of the molecule is CCCCCCCCOC(CCC(=O)OCC12CC3CC(COC(=O)CCCN(CC)CC)(C1)CC(COC(=O)CCC(OCCCCCCCC)OCCCCCCCC)(C3)C2)OCCCCCCCC. The molecule has 4 saturated carbocycles. The average molecular weight is 1020 g/mol. The molecule has 0 aromatic rings. The van der Waals surface area contributed by atoms with Crippen LogP contribution in [0.5, 0.6) is 0 Å². The van der Waals surface area contributed by atoms with E-state index in [-0.39, 0.29) is 47.0 Å². The van der Waals surface area contributed by atoms with Crippen molar-refractivity contribution in [3.8, 4) is 0 Å². The first-order valence-corrected chi connectivity index (χ1v) is 30.7. The van der Waals surface area contributed by atoms with E-state index in [0.29, 0.717) is 71.4 Å². The van der Waals surface area contributed by atoms with Gasteiger partial charge in [0, 0.05) is 61.9 Å². The predicted octanol–water partition coefficient (Wildman–Crippen LogP) is 15.4. The van der Waals surface area contributed by atoms with Crippen LogP contribution in [0.3, 0.4) is 0 Å². The topological polar surface area (TPSA) is 119 Å². The molecule has 11 nitrogen and oxygen atoms in total. The molecule has 0 amide bonds. The highest BCUT2D eigenvalue weighted by atomic mass is 16.7. The molecule has 2 atom stereocenters. The highest BCUT2D eigenvalue weighted by Crippen LogP contribution is 2.70. The van der Waals surface area contributed by atoms with Crippen molar-refractivity contribution in [2.24, 2.45) is 22.2 Å². The molecule has 0 N–H and O–H groups in total. The Balaban J connectivity index is 1.64. The quantitative estimate of drug-likeness (QED) is 0.0251. The summed E-state index contributed by atoms with van der Waals surface area (Å²) in [6.45, 7) is 19.7. The minimum atomic E-state index is -0.416. The fourth-order valence-corrected chi connectivity index (χ4v) is 12.7. The number of hydrogen-bond donors (Lipinski definition) is 0. The Morgan fingerprint density at radius 2 is 0.694 bits per heavy atom. The number of esters is 3. The molecule has 11 heteroatoms. The van der Waals surface area contributed by atoms with Crippen LogP contribution in [0.2, 0.25) is 0 Å². The zero-order valence-corrected chi connectivity index (χ0v) is 47.8. The smallest absolute Gasteiger partial charge is 0.305 e. The van der Waals surface area contributed by atoms with Crippen molar-refractivity contribution in [1.82, 2.24) is 4.90 Å². The van der Waals surface area contributed by atoms with Gasteiger partial charge in [0.15, 0.2) is 12.6 Å². The van der Waals surface area contributed by atoms with Gasteiger partial charge >= 0.3 is 17.9 Å². The lowest BCUT2D eigenvalue weighted by molar-refractivity contribution is -0.213. The van der Waals surface area contributed by atoms with Crippen molar-refractivity contribution in [2.45, 2.75) is 285 Å². The summed E-state index contributed by atoms with van der Waals surface area (Å²) in [5.41, 5.74) is -0.774. The molecule has 0 saturated heterocycles. The largest absolute Gasteiger partial charge is 0.465 e. The maximum absolute atomic E-state index is 13.7. The lowest BCUT2D eigenvalue weighted by atomic mass is 9.40. The molecule has 4 bridgehead atoms. The van der Waals surface area contributed by atoms with E-state index in [0.717, 1.165) is 116 Å². The van der Waals surface area contributed by atoms with E-state index < -0.39 is 12.6 Å². The van der Waals surface area contributed by atoms with Crippen molar-refractivity contribution in [3.63, 3.8) is 0 Å². The van der Waals surface area contributed by atoms with Crippen LogP contribution in [-0.4, -0.2) is 101 Å². The van der Waals surface area contributed by atoms with Crippen molar-refractivity contribution in [3.05, 3.63) is 0 Å². The zero-order valence-electron chi connectivity index (χ0n) is 47.8. The van der Waals surface area contributed by atoms with Gasteiger partial charge in [-0.15, -0.1) is 0 Å². The van der Waals surface area contributed by atoms with Gasteiger partial charge in [0.05, 0.1) is 32.7 Å². The highest BCUT2D eigenvalue weighted by Gasteiger charge is 2.64. The summed E-state index contributed by atoms with van der Waals surface area (Å²) in [6.07, 6.45) is 35.8. The van der Waals surface area contributed by atoms with Crippen molar-refractivity contribution < 1.29 is 47.5 Å². The Kier molecular flexibility index (Phi) is 35.4. The number of ether oxygens (including phenoxy) is 7. The third-order valence-corrected chi connectivity index (χ3v) is 16.2. The molecule has 0 aromatic heterocycles. The maximum atomic E-state index is 13.7. The normalized spacial score (nSPS) is 21.4. The number of nitrogens with zero attached hydrogens (tertiary/aromatic N) is 1. The molecule has 0 aliphatic heterocycles. The minimum Gasteiger partial charge on any atom is -0.465 e. The Hall–Kier alpha value is -1.79. The second-order valence-corrected chi connectivity index (χ2v) is 23.1. The third-order valence-electron chi connectivity index (χ3n) is 16.2. The van der Waals surface area contributed by atoms with Crippen LogP contribution in [0.1, 0.15) is 273 Å². The molecule has 0 aromatic carbocycles. The first-order chi connectivity index (χ1) is 35.1. The first kappa shape index (κ1) is 64.5. The number of hydrogen-bond acceptors (Lipinski definition) is 11. The summed E-state index contributed by atoms with van der Waals surface area (Å²) < 4.78 is 43.8. The van der Waals surface area contributed by atoms with Crippen LogP contribution in [0.15, 0.2) is 0 Å². The monoisotopic (exact) mass is 1020 g/mol. The molecule has 4 aliphatic carbocycles. The Morgan fingerprint density at radius 3 is 1.00 bits per heavy atom. The molecule has 72 heavy (non-hydrogen) atoms. The predicted molar refractivity (Wildman–Crippen MR) is 292 cm³/mol. The second kappa shape index (κ2) is 39.6. The van der Waals surface area contributed by atoms with Crippen molar-refractivity contribution in [2.75, 3.05) is 65.9 Å². The summed E-state index contributed by atoms with van der Waals surface area (Å²) in [5.74, 6) is -0.200. The standard InChI is InChI=1S/C61H113NO10/c1-7-13-17-21-25-29-40-66-57(67-41-30-26-22-18-14-8-2)37-35-55(64)71-51-60-45-53-44-59(47-60,50-70-54(63)34-33-39-62(11-5)12-6)48-61(46-53,49-60)52-72-56(65)36-38-58(68-42-31-27-23-19-15-9-3)69-43-32-28-24-20-16-10-4/h53,57-58H,7-52H2,1-6H3. The Labute approximate surface area is 442 Å². The van der Waals surface area contributed by atoms with Crippen LogP contribution in [0.25, 0.3) is 0 Å². The van der Waals surface area contributed by atoms with E-state index in [1.165, 1.54) is 103 Å². The summed E-state index contributed by atoms with van der Waals surface area (Å²) in [4.78, 5) is 43.0. The number of unbranched alkanes of at least 4 members (excludes halogenated alkanes) is 20. The van der Waals surface area contributed by atoms with Gasteiger partial charge in [-0.1, -0.05) is 170 Å². The summed E-state index contributed by atoms with van der Waals surface area (Å²) in [7, 11) is 0. The van der Waals surface area contributed by atoms with E-state index in [1.807, 2.05) is 0 Å². The van der Waals surface area contributed by atoms with E-state index in [1.54, 1.807) is 0 Å². The number of carbonyl (C=O) groups is 3. The van der Waals surface area contributed by atoms with E-state index in [4.69, 9.17) is 33.2 Å². The average Bonchev–Trinajstić information content (AvgIpc) is 3.37. The molecular weight excluding hydrogens is 907 g/mol. The van der Waals surface area contributed by atoms with Gasteiger partial charge in [0.1, 0.15) is 0 Å². The molecule has 0 heterocycles. The Bertz CT molecular complexity index is 1260. The van der Waals surface area contributed by atoms with Crippen LogP contribution >= 0.6 is 0 Å². The van der Waals surface area contributed by atoms with Gasteiger partial charge in [0.25, 0.3) is 0 Å². The lowest BCUT2D eigenvalue weighted by Crippen LogP contribution is -2.61. The first-order valence-electron chi connectivity index (χ1n) is 30.7. The van der Waals surface area contributed by atoms with E-state index >= 15 is 0 Å². The minimum absolute atomic E-state index is 0.141. The van der Waals surface area contributed by atoms with Crippen LogP contribution in [-0.2, 0) is 47.5 Å². The lowest BCUT2D eigenvalue weighted by Gasteiger charge is -2.66. The maximum Gasteiger partial charge on any atom is 0.305 e. The molecule has 422 valence electrons. The highest BCUT2D eigenvalue weighted by molar-refractivity contribution is 5.70. The van der Waals surface area contributed by atoms with Gasteiger partial charge in [-0.2, -0.15) is 0 Å². The van der Waals surface area contributed by atoms with Crippen LogP contribution in [0.4, 0.5) is 0 Å². The molecule has 4 fully saturated rings. The van der Waals surface area contributed by atoms with E-state index in [9.17, 15) is 14.4 Å². The number of carbonyl (C=O) groups excluding carboxylic acids is 3. The molecule has 0 spiro atoms.